The van der Waals surface area contributed by atoms with Crippen molar-refractivity contribution in [2.24, 2.45) is 0 Å². The van der Waals surface area contributed by atoms with Crippen LogP contribution in [0.2, 0.25) is 0 Å². The van der Waals surface area contributed by atoms with Crippen LogP contribution in [0.3, 0.4) is 0 Å². The van der Waals surface area contributed by atoms with Crippen molar-refractivity contribution < 1.29 is 9.53 Å². The zero-order valence-electron chi connectivity index (χ0n) is 7.99. The van der Waals surface area contributed by atoms with E-state index in [1.54, 1.807) is 7.11 Å². The predicted molar refractivity (Wildman–Crippen MR) is 51.9 cm³/mol. The Bertz CT molecular complexity index is 260. The summed E-state index contributed by atoms with van der Waals surface area (Å²) in [5.41, 5.74) is 1.82. The van der Waals surface area contributed by atoms with E-state index in [9.17, 15) is 4.79 Å². The summed E-state index contributed by atoms with van der Waals surface area (Å²) in [4.78, 5) is 10.4. The molecule has 2 nitrogen and oxygen atoms in total. The van der Waals surface area contributed by atoms with E-state index in [1.807, 2.05) is 24.3 Å². The van der Waals surface area contributed by atoms with E-state index in [1.165, 1.54) is 0 Å². The van der Waals surface area contributed by atoms with E-state index < -0.39 is 0 Å². The molecule has 1 atom stereocenters. The summed E-state index contributed by atoms with van der Waals surface area (Å²) in [6.07, 6.45) is 1.93. The Balaban J connectivity index is 2.83. The lowest BCUT2D eigenvalue weighted by molar-refractivity contribution is 0.0999. The van der Waals surface area contributed by atoms with E-state index in [0.29, 0.717) is 5.56 Å². The van der Waals surface area contributed by atoms with Gasteiger partial charge in [0.2, 0.25) is 0 Å². The summed E-state index contributed by atoms with van der Waals surface area (Å²) in [5, 5.41) is 0. The van der Waals surface area contributed by atoms with Crippen molar-refractivity contribution in [2.75, 3.05) is 7.11 Å². The van der Waals surface area contributed by atoms with E-state index in [2.05, 4.69) is 6.92 Å². The minimum atomic E-state index is 0.140. The maximum Gasteiger partial charge on any atom is 0.150 e. The average Bonchev–Trinajstić information content (AvgIpc) is 2.21. The van der Waals surface area contributed by atoms with Crippen molar-refractivity contribution in [3.63, 3.8) is 0 Å². The number of hydrogen-bond acceptors (Lipinski definition) is 2. The van der Waals surface area contributed by atoms with Crippen molar-refractivity contribution in [1.82, 2.24) is 0 Å². The number of carbonyl (C=O) groups excluding carboxylic acids is 1. The predicted octanol–water partition coefficient (Wildman–Crippen LogP) is 2.60. The summed E-state index contributed by atoms with van der Waals surface area (Å²) in [6.45, 7) is 2.07. The molecular weight excluding hydrogens is 164 g/mol. The molecule has 0 aromatic heterocycles. The first-order chi connectivity index (χ1) is 6.31. The summed E-state index contributed by atoms with van der Waals surface area (Å²) in [5.74, 6) is 0. The van der Waals surface area contributed by atoms with Crippen LogP contribution in [-0.4, -0.2) is 13.4 Å². The highest BCUT2D eigenvalue weighted by Gasteiger charge is 2.06. The van der Waals surface area contributed by atoms with Gasteiger partial charge in [-0.3, -0.25) is 4.79 Å². The highest BCUT2D eigenvalue weighted by atomic mass is 16.5. The van der Waals surface area contributed by atoms with Gasteiger partial charge < -0.3 is 4.74 Å². The van der Waals surface area contributed by atoms with Gasteiger partial charge in [-0.15, -0.1) is 0 Å². The maximum atomic E-state index is 10.4. The fourth-order valence-corrected chi connectivity index (χ4v) is 1.33. The van der Waals surface area contributed by atoms with E-state index >= 15 is 0 Å². The third-order valence-electron chi connectivity index (χ3n) is 2.10. The van der Waals surface area contributed by atoms with Gasteiger partial charge in [-0.05, 0) is 12.0 Å². The number of hydrogen-bond donors (Lipinski definition) is 0. The lowest BCUT2D eigenvalue weighted by Gasteiger charge is -2.12. The average molecular weight is 178 g/mol. The molecule has 0 bridgehead atoms. The van der Waals surface area contributed by atoms with Crippen LogP contribution < -0.4 is 0 Å². The quantitative estimate of drug-likeness (QED) is 0.662. The molecule has 0 spiro atoms. The Morgan fingerprint density at radius 3 is 2.38 bits per heavy atom. The molecule has 0 N–H and O–H groups in total. The topological polar surface area (TPSA) is 26.3 Å². The molecule has 2 heteroatoms. The molecule has 0 saturated carbocycles. The van der Waals surface area contributed by atoms with Crippen LogP contribution in [0.1, 0.15) is 35.4 Å². The molecule has 0 amide bonds. The molecular formula is C11H14O2. The van der Waals surface area contributed by atoms with E-state index in [-0.39, 0.29) is 6.10 Å². The molecule has 0 aliphatic rings. The molecule has 0 aliphatic heterocycles. The van der Waals surface area contributed by atoms with Gasteiger partial charge in [0.25, 0.3) is 0 Å². The Hall–Kier alpha value is -1.15. The van der Waals surface area contributed by atoms with Gasteiger partial charge in [0.1, 0.15) is 6.29 Å². The number of methoxy groups -OCH3 is 1. The van der Waals surface area contributed by atoms with Crippen LogP contribution in [0.4, 0.5) is 0 Å². The molecule has 70 valence electrons. The molecule has 0 fully saturated rings. The number of aldehydes is 1. The standard InChI is InChI=1S/C11H14O2/c1-3-11(13-2)10-6-4-9(8-12)5-7-10/h4-8,11H,3H2,1-2H3. The van der Waals surface area contributed by atoms with Crippen molar-refractivity contribution in [3.05, 3.63) is 35.4 Å². The summed E-state index contributed by atoms with van der Waals surface area (Å²) in [7, 11) is 1.70. The van der Waals surface area contributed by atoms with Crippen LogP contribution in [0, 0.1) is 0 Å². The van der Waals surface area contributed by atoms with Gasteiger partial charge in [-0.2, -0.15) is 0 Å². The maximum absolute atomic E-state index is 10.4. The third kappa shape index (κ3) is 2.39. The SMILES string of the molecule is CCC(OC)c1ccc(C=O)cc1. The van der Waals surface area contributed by atoms with Crippen molar-refractivity contribution in [1.29, 1.82) is 0 Å². The molecule has 13 heavy (non-hydrogen) atoms. The van der Waals surface area contributed by atoms with Gasteiger partial charge >= 0.3 is 0 Å². The Morgan fingerprint density at radius 2 is 2.00 bits per heavy atom. The molecule has 0 saturated heterocycles. The summed E-state index contributed by atoms with van der Waals surface area (Å²) < 4.78 is 5.27. The van der Waals surface area contributed by atoms with Gasteiger partial charge in [-0.25, -0.2) is 0 Å². The van der Waals surface area contributed by atoms with E-state index in [0.717, 1.165) is 18.3 Å². The minimum Gasteiger partial charge on any atom is -0.377 e. The molecule has 1 aromatic rings. The lowest BCUT2D eigenvalue weighted by Crippen LogP contribution is -1.99. The second-order valence-electron chi connectivity index (χ2n) is 2.92. The monoisotopic (exact) mass is 178 g/mol. The zero-order chi connectivity index (χ0) is 9.68. The fourth-order valence-electron chi connectivity index (χ4n) is 1.33. The van der Waals surface area contributed by atoms with Crippen molar-refractivity contribution in [2.45, 2.75) is 19.4 Å². The van der Waals surface area contributed by atoms with Crippen molar-refractivity contribution in [3.8, 4) is 0 Å². The molecule has 0 aliphatic carbocycles. The largest absolute Gasteiger partial charge is 0.377 e. The highest BCUT2D eigenvalue weighted by molar-refractivity contribution is 5.74. The number of benzene rings is 1. The second-order valence-corrected chi connectivity index (χ2v) is 2.92. The first-order valence-electron chi connectivity index (χ1n) is 4.39. The van der Waals surface area contributed by atoms with Crippen LogP contribution in [-0.2, 0) is 4.74 Å². The van der Waals surface area contributed by atoms with Crippen LogP contribution >= 0.6 is 0 Å². The highest BCUT2D eigenvalue weighted by Crippen LogP contribution is 2.19. The Kier molecular flexibility index (Phi) is 3.65. The molecule has 0 radical (unpaired) electrons. The third-order valence-corrected chi connectivity index (χ3v) is 2.10. The number of carbonyl (C=O) groups is 1. The van der Waals surface area contributed by atoms with Gasteiger partial charge in [0.05, 0.1) is 6.10 Å². The molecule has 1 unspecified atom stereocenters. The Labute approximate surface area is 78.5 Å². The number of rotatable bonds is 4. The van der Waals surface area contributed by atoms with Gasteiger partial charge in [0.15, 0.2) is 0 Å². The van der Waals surface area contributed by atoms with Crippen molar-refractivity contribution >= 4 is 6.29 Å². The normalized spacial score (nSPS) is 12.5. The lowest BCUT2D eigenvalue weighted by atomic mass is 10.1. The summed E-state index contributed by atoms with van der Waals surface area (Å²) >= 11 is 0. The second kappa shape index (κ2) is 4.77. The molecule has 0 heterocycles. The zero-order valence-corrected chi connectivity index (χ0v) is 7.99. The van der Waals surface area contributed by atoms with Gasteiger partial charge in [-0.1, -0.05) is 31.2 Å². The van der Waals surface area contributed by atoms with E-state index in [4.69, 9.17) is 4.74 Å². The smallest absolute Gasteiger partial charge is 0.150 e. The molecule has 1 aromatic carbocycles. The van der Waals surface area contributed by atoms with Gasteiger partial charge in [0, 0.05) is 12.7 Å². The van der Waals surface area contributed by atoms with Crippen LogP contribution in [0.5, 0.6) is 0 Å². The number of ether oxygens (including phenoxy) is 1. The summed E-state index contributed by atoms with van der Waals surface area (Å²) in [6, 6.07) is 7.48. The van der Waals surface area contributed by atoms with Crippen LogP contribution in [0.25, 0.3) is 0 Å². The van der Waals surface area contributed by atoms with Crippen LogP contribution in [0.15, 0.2) is 24.3 Å². The first kappa shape index (κ1) is 9.93. The Morgan fingerprint density at radius 1 is 1.38 bits per heavy atom. The molecule has 1 rings (SSSR count). The first-order valence-corrected chi connectivity index (χ1v) is 4.39. The fraction of sp³-hybridized carbons (Fsp3) is 0.364. The minimum absolute atomic E-state index is 0.140.